The van der Waals surface area contributed by atoms with Gasteiger partial charge in [-0.25, -0.2) is 0 Å². The number of likely N-dealkylation sites (tertiary alicyclic amines) is 1. The van der Waals surface area contributed by atoms with E-state index >= 15 is 0 Å². The first-order valence-electron chi connectivity index (χ1n) is 5.28. The van der Waals surface area contributed by atoms with Crippen LogP contribution in [-0.2, 0) is 0 Å². The third-order valence-corrected chi connectivity index (χ3v) is 3.43. The van der Waals surface area contributed by atoms with Crippen LogP contribution in [0.5, 0.6) is 0 Å². The van der Waals surface area contributed by atoms with Crippen LogP contribution in [-0.4, -0.2) is 35.6 Å². The standard InChI is InChI=1S/C12H14BrNO2/c1-8-2-3-10(13)4-11(8)12(16)14-5-9(6-14)7-15/h2-4,9,15H,5-7H2,1H3. The molecule has 0 saturated carbocycles. The number of halogens is 1. The van der Waals surface area contributed by atoms with Crippen molar-refractivity contribution in [2.45, 2.75) is 6.92 Å². The van der Waals surface area contributed by atoms with Crippen molar-refractivity contribution in [1.29, 1.82) is 0 Å². The normalized spacial score (nSPS) is 16.1. The summed E-state index contributed by atoms with van der Waals surface area (Å²) in [6.45, 7) is 3.44. The van der Waals surface area contributed by atoms with E-state index < -0.39 is 0 Å². The highest BCUT2D eigenvalue weighted by Gasteiger charge is 2.31. The third-order valence-electron chi connectivity index (χ3n) is 2.93. The number of aliphatic hydroxyl groups is 1. The van der Waals surface area contributed by atoms with Crippen molar-refractivity contribution < 1.29 is 9.90 Å². The molecule has 1 N–H and O–H groups in total. The summed E-state index contributed by atoms with van der Waals surface area (Å²) in [6, 6.07) is 5.71. The molecule has 1 heterocycles. The molecule has 1 saturated heterocycles. The highest BCUT2D eigenvalue weighted by molar-refractivity contribution is 9.10. The van der Waals surface area contributed by atoms with Gasteiger partial charge in [0.2, 0.25) is 0 Å². The van der Waals surface area contributed by atoms with Crippen LogP contribution < -0.4 is 0 Å². The molecule has 3 nitrogen and oxygen atoms in total. The van der Waals surface area contributed by atoms with Crippen LogP contribution in [0.1, 0.15) is 15.9 Å². The van der Waals surface area contributed by atoms with Crippen LogP contribution in [0, 0.1) is 12.8 Å². The molecule has 0 atom stereocenters. The molecule has 1 aliphatic rings. The number of benzene rings is 1. The van der Waals surface area contributed by atoms with E-state index in [-0.39, 0.29) is 18.4 Å². The van der Waals surface area contributed by atoms with E-state index in [1.807, 2.05) is 25.1 Å². The molecule has 0 aliphatic carbocycles. The highest BCUT2D eigenvalue weighted by atomic mass is 79.9. The number of nitrogens with zero attached hydrogens (tertiary/aromatic N) is 1. The molecule has 0 aromatic heterocycles. The fraction of sp³-hybridized carbons (Fsp3) is 0.417. The first kappa shape index (κ1) is 11.6. The molecular weight excluding hydrogens is 270 g/mol. The van der Waals surface area contributed by atoms with Crippen LogP contribution in [0.25, 0.3) is 0 Å². The second kappa shape index (κ2) is 4.55. The first-order valence-corrected chi connectivity index (χ1v) is 6.07. The highest BCUT2D eigenvalue weighted by Crippen LogP contribution is 2.22. The Kier molecular flexibility index (Phi) is 3.30. The van der Waals surface area contributed by atoms with Crippen LogP contribution >= 0.6 is 15.9 Å². The fourth-order valence-electron chi connectivity index (χ4n) is 1.85. The molecule has 0 unspecified atom stereocenters. The van der Waals surface area contributed by atoms with Gasteiger partial charge < -0.3 is 10.0 Å². The molecule has 0 bridgehead atoms. The number of hydrogen-bond acceptors (Lipinski definition) is 2. The Morgan fingerprint density at radius 1 is 1.56 bits per heavy atom. The minimum Gasteiger partial charge on any atom is -0.396 e. The Morgan fingerprint density at radius 3 is 2.88 bits per heavy atom. The predicted octanol–water partition coefficient (Wildman–Crippen LogP) is 1.82. The largest absolute Gasteiger partial charge is 0.396 e. The number of aliphatic hydroxyl groups excluding tert-OH is 1. The van der Waals surface area contributed by atoms with E-state index in [1.165, 1.54) is 0 Å². The summed E-state index contributed by atoms with van der Waals surface area (Å²) in [6.07, 6.45) is 0. The molecule has 0 radical (unpaired) electrons. The van der Waals surface area contributed by atoms with Gasteiger partial charge in [0.25, 0.3) is 5.91 Å². The van der Waals surface area contributed by atoms with Crippen molar-refractivity contribution in [3.8, 4) is 0 Å². The zero-order valence-electron chi connectivity index (χ0n) is 9.11. The maximum atomic E-state index is 12.1. The average molecular weight is 284 g/mol. The third kappa shape index (κ3) is 2.13. The number of carbonyl (C=O) groups is 1. The molecule has 86 valence electrons. The van der Waals surface area contributed by atoms with Gasteiger partial charge in [-0.2, -0.15) is 0 Å². The molecule has 16 heavy (non-hydrogen) atoms. The lowest BCUT2D eigenvalue weighted by molar-refractivity contribution is 0.0361. The van der Waals surface area contributed by atoms with E-state index in [9.17, 15) is 4.79 Å². The minimum atomic E-state index is 0.0588. The minimum absolute atomic E-state index is 0.0588. The lowest BCUT2D eigenvalue weighted by Gasteiger charge is -2.38. The topological polar surface area (TPSA) is 40.5 Å². The first-order chi connectivity index (χ1) is 7.61. The number of aryl methyl sites for hydroxylation is 1. The number of carbonyl (C=O) groups excluding carboxylic acids is 1. The second-order valence-corrected chi connectivity index (χ2v) is 5.13. The average Bonchev–Trinajstić information content (AvgIpc) is 2.20. The maximum Gasteiger partial charge on any atom is 0.254 e. The van der Waals surface area contributed by atoms with E-state index in [0.717, 1.165) is 15.6 Å². The van der Waals surface area contributed by atoms with E-state index in [2.05, 4.69) is 15.9 Å². The SMILES string of the molecule is Cc1ccc(Br)cc1C(=O)N1CC(CO)C1. The Labute approximate surface area is 103 Å². The Balaban J connectivity index is 2.13. The van der Waals surface area contributed by atoms with Crippen molar-refractivity contribution in [2.24, 2.45) is 5.92 Å². The van der Waals surface area contributed by atoms with E-state index in [4.69, 9.17) is 5.11 Å². The number of hydrogen-bond donors (Lipinski definition) is 1. The summed E-state index contributed by atoms with van der Waals surface area (Å²) >= 11 is 3.37. The maximum absolute atomic E-state index is 12.1. The fourth-order valence-corrected chi connectivity index (χ4v) is 2.21. The summed E-state index contributed by atoms with van der Waals surface area (Å²) in [7, 11) is 0. The predicted molar refractivity (Wildman–Crippen MR) is 65.4 cm³/mol. The van der Waals surface area contributed by atoms with Crippen molar-refractivity contribution in [1.82, 2.24) is 4.90 Å². The lowest BCUT2D eigenvalue weighted by Crippen LogP contribution is -2.51. The second-order valence-electron chi connectivity index (χ2n) is 4.22. The monoisotopic (exact) mass is 283 g/mol. The van der Waals surface area contributed by atoms with Crippen molar-refractivity contribution in [2.75, 3.05) is 19.7 Å². The van der Waals surface area contributed by atoms with Crippen LogP contribution in [0.4, 0.5) is 0 Å². The molecule has 1 aromatic rings. The molecule has 4 heteroatoms. The molecular formula is C12H14BrNO2. The van der Waals surface area contributed by atoms with Gasteiger partial charge in [-0.3, -0.25) is 4.79 Å². The van der Waals surface area contributed by atoms with Gasteiger partial charge >= 0.3 is 0 Å². The zero-order valence-corrected chi connectivity index (χ0v) is 10.7. The quantitative estimate of drug-likeness (QED) is 0.900. The molecule has 2 rings (SSSR count). The van der Waals surface area contributed by atoms with E-state index in [1.54, 1.807) is 4.90 Å². The Bertz CT molecular complexity index is 413. The molecule has 1 amide bonds. The van der Waals surface area contributed by atoms with E-state index in [0.29, 0.717) is 13.1 Å². The summed E-state index contributed by atoms with van der Waals surface area (Å²) in [5.41, 5.74) is 1.73. The van der Waals surface area contributed by atoms with Gasteiger partial charge in [0.05, 0.1) is 0 Å². The van der Waals surface area contributed by atoms with Gasteiger partial charge in [-0.05, 0) is 24.6 Å². The van der Waals surface area contributed by atoms with Crippen molar-refractivity contribution in [3.63, 3.8) is 0 Å². The van der Waals surface area contributed by atoms with Gasteiger partial charge in [0.15, 0.2) is 0 Å². The lowest BCUT2D eigenvalue weighted by atomic mass is 9.98. The van der Waals surface area contributed by atoms with Gasteiger partial charge in [-0.1, -0.05) is 22.0 Å². The van der Waals surface area contributed by atoms with Crippen LogP contribution in [0.3, 0.4) is 0 Å². The molecule has 1 aromatic carbocycles. The van der Waals surface area contributed by atoms with Crippen molar-refractivity contribution >= 4 is 21.8 Å². The van der Waals surface area contributed by atoms with Crippen molar-refractivity contribution in [3.05, 3.63) is 33.8 Å². The number of amides is 1. The Hall–Kier alpha value is -0.870. The Morgan fingerprint density at radius 2 is 2.25 bits per heavy atom. The summed E-state index contributed by atoms with van der Waals surface area (Å²) < 4.78 is 0.917. The summed E-state index contributed by atoms with van der Waals surface area (Å²) in [5.74, 6) is 0.319. The molecule has 0 spiro atoms. The molecule has 1 aliphatic heterocycles. The summed E-state index contributed by atoms with van der Waals surface area (Å²) in [4.78, 5) is 13.9. The van der Waals surface area contributed by atoms with Gasteiger partial charge in [0, 0.05) is 35.7 Å². The van der Waals surface area contributed by atoms with Crippen LogP contribution in [0.2, 0.25) is 0 Å². The zero-order chi connectivity index (χ0) is 11.7. The smallest absolute Gasteiger partial charge is 0.254 e. The summed E-state index contributed by atoms with van der Waals surface area (Å²) in [5, 5.41) is 8.91. The number of rotatable bonds is 2. The van der Waals surface area contributed by atoms with Crippen LogP contribution in [0.15, 0.2) is 22.7 Å². The van der Waals surface area contributed by atoms with Gasteiger partial charge in [-0.15, -0.1) is 0 Å². The molecule has 1 fully saturated rings. The van der Waals surface area contributed by atoms with Gasteiger partial charge in [0.1, 0.15) is 0 Å².